The van der Waals surface area contributed by atoms with Crippen LogP contribution >= 0.6 is 0 Å². The van der Waals surface area contributed by atoms with Gasteiger partial charge in [0.2, 0.25) is 12.0 Å². The average molecular weight is 405 g/mol. The second-order valence-corrected chi connectivity index (χ2v) is 7.24. The maximum Gasteiger partial charge on any atom is 0.275 e. The van der Waals surface area contributed by atoms with Crippen molar-refractivity contribution < 1.29 is 28.8 Å². The first-order chi connectivity index (χ1) is 14.1. The number of piperazine rings is 1. The van der Waals surface area contributed by atoms with Crippen molar-refractivity contribution in [3.05, 3.63) is 24.3 Å². The molecule has 2 aliphatic heterocycles. The molecule has 3 amide bonds. The molecule has 2 aliphatic rings. The molecule has 2 heterocycles. The molecular weight excluding hydrogens is 376 g/mol. The molecule has 158 valence electrons. The van der Waals surface area contributed by atoms with Crippen LogP contribution in [0.4, 0.5) is 0 Å². The van der Waals surface area contributed by atoms with Gasteiger partial charge in [-0.15, -0.1) is 0 Å². The summed E-state index contributed by atoms with van der Waals surface area (Å²) in [6.07, 6.45) is 0.216. The standard InChI is InChI=1S/C20H28N4O5/c1-2-7-21-18(25)12-22-19(26)13-23-8-10-24(11-9-23)20(27)17-14-28-15-5-3-4-6-16(15)29-17/h3-6,17H,2,7-14H2,1H3,(H,21,25)(H,22,26)/p+1/t17-/m0/s1. The van der Waals surface area contributed by atoms with Gasteiger partial charge < -0.3 is 29.9 Å². The van der Waals surface area contributed by atoms with Gasteiger partial charge in [-0.3, -0.25) is 14.4 Å². The van der Waals surface area contributed by atoms with Crippen LogP contribution in [0.25, 0.3) is 0 Å². The summed E-state index contributed by atoms with van der Waals surface area (Å²) in [6, 6.07) is 7.31. The number of ether oxygens (including phenoxy) is 2. The van der Waals surface area contributed by atoms with Crippen molar-refractivity contribution in [2.45, 2.75) is 19.4 Å². The summed E-state index contributed by atoms with van der Waals surface area (Å²) in [7, 11) is 0. The Labute approximate surface area is 170 Å². The highest BCUT2D eigenvalue weighted by atomic mass is 16.6. The normalized spacial score (nSPS) is 18.8. The first-order valence-electron chi connectivity index (χ1n) is 10.1. The first kappa shape index (κ1) is 20.9. The third-order valence-electron chi connectivity index (χ3n) is 5.00. The molecule has 9 nitrogen and oxygen atoms in total. The zero-order chi connectivity index (χ0) is 20.6. The second-order valence-electron chi connectivity index (χ2n) is 7.24. The predicted octanol–water partition coefficient (Wildman–Crippen LogP) is -1.80. The molecule has 1 fully saturated rings. The minimum absolute atomic E-state index is 0.00276. The minimum atomic E-state index is -0.642. The summed E-state index contributed by atoms with van der Waals surface area (Å²) in [6.45, 7) is 5.52. The van der Waals surface area contributed by atoms with E-state index >= 15 is 0 Å². The number of fused-ring (bicyclic) bond motifs is 1. The molecular formula is C20H29N4O5+. The number of nitrogens with zero attached hydrogens (tertiary/aromatic N) is 1. The minimum Gasteiger partial charge on any atom is -0.485 e. The molecule has 1 atom stereocenters. The first-order valence-corrected chi connectivity index (χ1v) is 10.1. The van der Waals surface area contributed by atoms with E-state index in [1.165, 1.54) is 0 Å². The lowest BCUT2D eigenvalue weighted by molar-refractivity contribution is -0.896. The Kier molecular flexibility index (Phi) is 7.29. The third-order valence-corrected chi connectivity index (χ3v) is 5.00. The Morgan fingerprint density at radius 1 is 1.10 bits per heavy atom. The summed E-state index contributed by atoms with van der Waals surface area (Å²) in [5.41, 5.74) is 0. The van der Waals surface area contributed by atoms with Crippen LogP contribution in [0.2, 0.25) is 0 Å². The molecule has 0 spiro atoms. The topological polar surface area (TPSA) is 101 Å². The van der Waals surface area contributed by atoms with E-state index in [2.05, 4.69) is 10.6 Å². The Balaban J connectivity index is 1.38. The molecule has 0 aromatic heterocycles. The number of para-hydroxylation sites is 2. The van der Waals surface area contributed by atoms with Gasteiger partial charge in [0.05, 0.1) is 32.7 Å². The van der Waals surface area contributed by atoms with Crippen LogP contribution in [0.15, 0.2) is 24.3 Å². The molecule has 3 N–H and O–H groups in total. The zero-order valence-corrected chi connectivity index (χ0v) is 16.7. The highest BCUT2D eigenvalue weighted by Crippen LogP contribution is 2.31. The summed E-state index contributed by atoms with van der Waals surface area (Å²) < 4.78 is 11.4. The van der Waals surface area contributed by atoms with E-state index in [4.69, 9.17) is 9.47 Å². The van der Waals surface area contributed by atoms with Gasteiger partial charge in [-0.1, -0.05) is 19.1 Å². The van der Waals surface area contributed by atoms with Crippen molar-refractivity contribution in [3.63, 3.8) is 0 Å². The lowest BCUT2D eigenvalue weighted by atomic mass is 10.2. The Hall–Kier alpha value is -2.81. The molecule has 1 saturated heterocycles. The monoisotopic (exact) mass is 405 g/mol. The lowest BCUT2D eigenvalue weighted by Crippen LogP contribution is -3.16. The van der Waals surface area contributed by atoms with Crippen molar-refractivity contribution in [2.24, 2.45) is 0 Å². The van der Waals surface area contributed by atoms with Crippen LogP contribution in [0, 0.1) is 0 Å². The van der Waals surface area contributed by atoms with Crippen LogP contribution in [-0.2, 0) is 14.4 Å². The van der Waals surface area contributed by atoms with Gasteiger partial charge in [-0.2, -0.15) is 0 Å². The van der Waals surface area contributed by atoms with Crippen molar-refractivity contribution in [1.82, 2.24) is 15.5 Å². The number of hydrogen-bond acceptors (Lipinski definition) is 5. The number of hydrogen-bond donors (Lipinski definition) is 3. The van der Waals surface area contributed by atoms with Gasteiger partial charge in [-0.25, -0.2) is 0 Å². The molecule has 9 heteroatoms. The molecule has 29 heavy (non-hydrogen) atoms. The van der Waals surface area contributed by atoms with Crippen molar-refractivity contribution in [1.29, 1.82) is 0 Å². The SMILES string of the molecule is CCCNC(=O)CNC(=O)C[NH+]1CCN(C(=O)[C@@H]2COc3ccccc3O2)CC1. The van der Waals surface area contributed by atoms with Gasteiger partial charge in [0.15, 0.2) is 18.0 Å². The summed E-state index contributed by atoms with van der Waals surface area (Å²) in [5.74, 6) is 0.811. The van der Waals surface area contributed by atoms with Gasteiger partial charge in [0, 0.05) is 6.54 Å². The van der Waals surface area contributed by atoms with E-state index in [9.17, 15) is 14.4 Å². The Morgan fingerprint density at radius 2 is 1.83 bits per heavy atom. The van der Waals surface area contributed by atoms with Crippen molar-refractivity contribution >= 4 is 17.7 Å². The predicted molar refractivity (Wildman–Crippen MR) is 105 cm³/mol. The van der Waals surface area contributed by atoms with E-state index in [-0.39, 0.29) is 30.9 Å². The second kappa shape index (κ2) is 10.1. The fraction of sp³-hybridized carbons (Fsp3) is 0.550. The lowest BCUT2D eigenvalue weighted by Gasteiger charge is -2.35. The fourth-order valence-electron chi connectivity index (χ4n) is 3.36. The van der Waals surface area contributed by atoms with Gasteiger partial charge in [-0.05, 0) is 18.6 Å². The van der Waals surface area contributed by atoms with E-state index in [1.807, 2.05) is 25.1 Å². The molecule has 0 bridgehead atoms. The molecule has 1 aromatic carbocycles. The van der Waals surface area contributed by atoms with Gasteiger partial charge in [0.1, 0.15) is 6.61 Å². The highest BCUT2D eigenvalue weighted by Gasteiger charge is 2.34. The van der Waals surface area contributed by atoms with Crippen LogP contribution in [0.3, 0.4) is 0 Å². The van der Waals surface area contributed by atoms with Crippen molar-refractivity contribution in [2.75, 3.05) is 52.4 Å². The molecule has 0 radical (unpaired) electrons. The van der Waals surface area contributed by atoms with Crippen LogP contribution in [0.1, 0.15) is 13.3 Å². The molecule has 1 aromatic rings. The largest absolute Gasteiger partial charge is 0.485 e. The fourth-order valence-corrected chi connectivity index (χ4v) is 3.36. The van der Waals surface area contributed by atoms with Gasteiger partial charge >= 0.3 is 0 Å². The maximum atomic E-state index is 12.7. The average Bonchev–Trinajstić information content (AvgIpc) is 2.76. The Bertz CT molecular complexity index is 733. The van der Waals surface area contributed by atoms with Crippen LogP contribution in [-0.4, -0.2) is 81.1 Å². The molecule has 3 rings (SSSR count). The van der Waals surface area contributed by atoms with E-state index in [1.54, 1.807) is 11.0 Å². The van der Waals surface area contributed by atoms with Crippen LogP contribution in [0.5, 0.6) is 11.5 Å². The smallest absolute Gasteiger partial charge is 0.275 e. The van der Waals surface area contributed by atoms with Crippen LogP contribution < -0.4 is 25.0 Å². The number of amides is 3. The van der Waals surface area contributed by atoms with E-state index < -0.39 is 6.10 Å². The summed E-state index contributed by atoms with van der Waals surface area (Å²) in [5, 5.41) is 5.37. The number of benzene rings is 1. The maximum absolute atomic E-state index is 12.7. The van der Waals surface area contributed by atoms with E-state index in [0.717, 1.165) is 11.3 Å². The van der Waals surface area contributed by atoms with Gasteiger partial charge in [0.25, 0.3) is 11.8 Å². The number of quaternary nitrogens is 1. The Morgan fingerprint density at radius 3 is 2.55 bits per heavy atom. The number of carbonyl (C=O) groups is 3. The molecule has 0 unspecified atom stereocenters. The van der Waals surface area contributed by atoms with Crippen molar-refractivity contribution in [3.8, 4) is 11.5 Å². The number of carbonyl (C=O) groups excluding carboxylic acids is 3. The third kappa shape index (κ3) is 5.83. The molecule has 0 saturated carbocycles. The summed E-state index contributed by atoms with van der Waals surface area (Å²) >= 11 is 0. The zero-order valence-electron chi connectivity index (χ0n) is 16.7. The molecule has 0 aliphatic carbocycles. The van der Waals surface area contributed by atoms with E-state index in [0.29, 0.717) is 50.8 Å². The number of rotatable bonds is 7. The quantitative estimate of drug-likeness (QED) is 0.497. The summed E-state index contributed by atoms with van der Waals surface area (Å²) in [4.78, 5) is 39.2. The number of nitrogens with one attached hydrogen (secondary N) is 3. The highest BCUT2D eigenvalue weighted by molar-refractivity contribution is 5.85.